The first-order valence-electron chi connectivity index (χ1n) is 9.86. The van der Waals surface area contributed by atoms with Gasteiger partial charge in [0, 0.05) is 36.9 Å². The molecule has 3 aromatic carbocycles. The predicted molar refractivity (Wildman–Crippen MR) is 117 cm³/mol. The number of halogens is 2. The smallest absolute Gasteiger partial charge is 0.257 e. The first kappa shape index (κ1) is 20.2. The van der Waals surface area contributed by atoms with Crippen molar-refractivity contribution in [1.82, 2.24) is 4.90 Å². The summed E-state index contributed by atoms with van der Waals surface area (Å²) in [7, 11) is 0. The van der Waals surface area contributed by atoms with Crippen LogP contribution in [0.25, 0.3) is 0 Å². The molecule has 0 aromatic heterocycles. The van der Waals surface area contributed by atoms with E-state index in [4.69, 9.17) is 16.3 Å². The van der Waals surface area contributed by atoms with Gasteiger partial charge >= 0.3 is 0 Å². The van der Waals surface area contributed by atoms with Crippen LogP contribution in [0.5, 0.6) is 5.75 Å². The lowest BCUT2D eigenvalue weighted by molar-refractivity contribution is 0.0742. The molecule has 1 amide bonds. The summed E-state index contributed by atoms with van der Waals surface area (Å²) in [5, 5.41) is 0.496. The van der Waals surface area contributed by atoms with E-state index in [2.05, 4.69) is 4.90 Å². The van der Waals surface area contributed by atoms with Crippen molar-refractivity contribution in [2.45, 2.75) is 6.61 Å². The van der Waals surface area contributed by atoms with Crippen molar-refractivity contribution < 1.29 is 13.9 Å². The molecular weight excluding hydrogens is 403 g/mol. The highest BCUT2D eigenvalue weighted by atomic mass is 35.5. The van der Waals surface area contributed by atoms with E-state index in [0.29, 0.717) is 49.1 Å². The molecule has 6 heteroatoms. The third-order valence-corrected chi connectivity index (χ3v) is 5.40. The number of benzene rings is 3. The van der Waals surface area contributed by atoms with Crippen LogP contribution in [0.3, 0.4) is 0 Å². The molecule has 0 atom stereocenters. The summed E-state index contributed by atoms with van der Waals surface area (Å²) in [5.74, 6) is 0.171. The second-order valence-corrected chi connectivity index (χ2v) is 7.61. The van der Waals surface area contributed by atoms with Crippen LogP contribution in [0.4, 0.5) is 10.1 Å². The number of amides is 1. The van der Waals surface area contributed by atoms with Gasteiger partial charge in [0.25, 0.3) is 5.91 Å². The maximum Gasteiger partial charge on any atom is 0.257 e. The Hall–Kier alpha value is -3.05. The van der Waals surface area contributed by atoms with Crippen LogP contribution in [-0.2, 0) is 6.61 Å². The molecule has 0 unspecified atom stereocenters. The zero-order valence-corrected chi connectivity index (χ0v) is 17.2. The van der Waals surface area contributed by atoms with E-state index in [1.165, 1.54) is 12.1 Å². The molecule has 1 saturated heterocycles. The van der Waals surface area contributed by atoms with Crippen LogP contribution in [0.2, 0.25) is 5.02 Å². The van der Waals surface area contributed by atoms with E-state index in [-0.39, 0.29) is 11.7 Å². The summed E-state index contributed by atoms with van der Waals surface area (Å²) in [5.41, 5.74) is 2.45. The van der Waals surface area contributed by atoms with Gasteiger partial charge < -0.3 is 14.5 Å². The molecule has 4 nitrogen and oxygen atoms in total. The molecule has 1 fully saturated rings. The second kappa shape index (κ2) is 9.18. The third kappa shape index (κ3) is 4.74. The summed E-state index contributed by atoms with van der Waals surface area (Å²) < 4.78 is 19.1. The highest BCUT2D eigenvalue weighted by Gasteiger charge is 2.25. The van der Waals surface area contributed by atoms with Crippen LogP contribution in [0.1, 0.15) is 15.9 Å². The molecule has 1 heterocycles. The van der Waals surface area contributed by atoms with Crippen molar-refractivity contribution in [2.75, 3.05) is 31.1 Å². The topological polar surface area (TPSA) is 32.8 Å². The monoisotopic (exact) mass is 424 g/mol. The predicted octanol–water partition coefficient (Wildman–Crippen LogP) is 5.02. The lowest BCUT2D eigenvalue weighted by atomic mass is 10.1. The number of hydrogen-bond acceptors (Lipinski definition) is 3. The van der Waals surface area contributed by atoms with Gasteiger partial charge in [-0.3, -0.25) is 4.79 Å². The Morgan fingerprint density at radius 2 is 1.63 bits per heavy atom. The fourth-order valence-electron chi connectivity index (χ4n) is 3.52. The van der Waals surface area contributed by atoms with Crippen LogP contribution in [0, 0.1) is 5.82 Å². The lowest BCUT2D eigenvalue weighted by Crippen LogP contribution is -2.48. The number of piperazine rings is 1. The average Bonchev–Trinajstić information content (AvgIpc) is 2.79. The second-order valence-electron chi connectivity index (χ2n) is 7.17. The van der Waals surface area contributed by atoms with Crippen molar-refractivity contribution in [1.29, 1.82) is 0 Å². The van der Waals surface area contributed by atoms with Crippen molar-refractivity contribution in [3.63, 3.8) is 0 Å². The summed E-state index contributed by atoms with van der Waals surface area (Å²) in [6.07, 6.45) is 0. The van der Waals surface area contributed by atoms with E-state index in [1.54, 1.807) is 35.2 Å². The normalized spacial score (nSPS) is 13.9. The van der Waals surface area contributed by atoms with Crippen LogP contribution in [0.15, 0.2) is 72.8 Å². The minimum atomic E-state index is -0.253. The molecule has 0 spiro atoms. The molecule has 1 aliphatic rings. The molecule has 0 bridgehead atoms. The molecule has 154 valence electrons. The van der Waals surface area contributed by atoms with E-state index < -0.39 is 0 Å². The van der Waals surface area contributed by atoms with Gasteiger partial charge in [-0.1, -0.05) is 41.9 Å². The van der Waals surface area contributed by atoms with Gasteiger partial charge in [-0.05, 0) is 48.0 Å². The molecule has 0 radical (unpaired) electrons. The van der Waals surface area contributed by atoms with E-state index >= 15 is 0 Å². The summed E-state index contributed by atoms with van der Waals surface area (Å²) in [6.45, 7) is 2.87. The zero-order chi connectivity index (χ0) is 20.9. The molecule has 0 saturated carbocycles. The van der Waals surface area contributed by atoms with Gasteiger partial charge in [-0.15, -0.1) is 0 Å². The van der Waals surface area contributed by atoms with Crippen LogP contribution in [-0.4, -0.2) is 37.0 Å². The number of rotatable bonds is 5. The zero-order valence-electron chi connectivity index (χ0n) is 16.4. The fraction of sp³-hybridized carbons (Fsp3) is 0.208. The Morgan fingerprint density at radius 1 is 0.933 bits per heavy atom. The van der Waals surface area contributed by atoms with E-state index in [0.717, 1.165) is 11.3 Å². The lowest BCUT2D eigenvalue weighted by Gasteiger charge is -2.36. The van der Waals surface area contributed by atoms with Crippen molar-refractivity contribution in [3.05, 3.63) is 94.8 Å². The first-order valence-corrected chi connectivity index (χ1v) is 10.2. The van der Waals surface area contributed by atoms with Crippen molar-refractivity contribution >= 4 is 23.2 Å². The largest absolute Gasteiger partial charge is 0.488 e. The molecular formula is C24H22ClFN2O2. The number of hydrogen-bond donors (Lipinski definition) is 0. The quantitative estimate of drug-likeness (QED) is 0.576. The number of nitrogens with zero attached hydrogens (tertiary/aromatic N) is 2. The Kier molecular flexibility index (Phi) is 6.19. The van der Waals surface area contributed by atoms with Gasteiger partial charge in [0.15, 0.2) is 0 Å². The first-order chi connectivity index (χ1) is 14.6. The van der Waals surface area contributed by atoms with Gasteiger partial charge in [-0.2, -0.15) is 0 Å². The van der Waals surface area contributed by atoms with E-state index in [9.17, 15) is 9.18 Å². The third-order valence-electron chi connectivity index (χ3n) is 5.17. The number of carbonyl (C=O) groups excluding carboxylic acids is 1. The Morgan fingerprint density at radius 3 is 2.33 bits per heavy atom. The van der Waals surface area contributed by atoms with Crippen LogP contribution < -0.4 is 9.64 Å². The van der Waals surface area contributed by atoms with Crippen molar-refractivity contribution in [2.24, 2.45) is 0 Å². The molecule has 1 aliphatic heterocycles. The molecule has 0 aliphatic carbocycles. The van der Waals surface area contributed by atoms with Crippen molar-refractivity contribution in [3.8, 4) is 5.75 Å². The molecule has 3 aromatic rings. The fourth-order valence-corrected chi connectivity index (χ4v) is 3.69. The molecule has 30 heavy (non-hydrogen) atoms. The van der Waals surface area contributed by atoms with E-state index in [1.807, 2.05) is 30.3 Å². The van der Waals surface area contributed by atoms with Gasteiger partial charge in [0.05, 0.1) is 5.56 Å². The average molecular weight is 425 g/mol. The Balaban J connectivity index is 1.44. The number of anilines is 1. The maximum absolute atomic E-state index is 13.2. The summed E-state index contributed by atoms with van der Waals surface area (Å²) >= 11 is 6.17. The maximum atomic E-state index is 13.2. The van der Waals surface area contributed by atoms with Gasteiger partial charge in [0.1, 0.15) is 18.2 Å². The highest BCUT2D eigenvalue weighted by molar-refractivity contribution is 6.31. The Labute approximate surface area is 180 Å². The van der Waals surface area contributed by atoms with Crippen LogP contribution >= 0.6 is 11.6 Å². The SMILES string of the molecule is O=C(c1cc(Cl)ccc1OCc1ccccc1)N1CCN(c2ccc(F)cc2)CC1. The minimum Gasteiger partial charge on any atom is -0.488 e. The molecule has 4 rings (SSSR count). The standard InChI is InChI=1S/C24H22ClFN2O2/c25-19-6-11-23(30-17-18-4-2-1-3-5-18)22(16-19)24(29)28-14-12-27(13-15-28)21-9-7-20(26)8-10-21/h1-11,16H,12-15,17H2. The minimum absolute atomic E-state index is 0.0979. The Bertz CT molecular complexity index is 1000. The van der Waals surface area contributed by atoms with Gasteiger partial charge in [0.2, 0.25) is 0 Å². The molecule has 0 N–H and O–H groups in total. The summed E-state index contributed by atoms with van der Waals surface area (Å²) in [6, 6.07) is 21.4. The van der Waals surface area contributed by atoms with Gasteiger partial charge in [-0.25, -0.2) is 4.39 Å². The number of ether oxygens (including phenoxy) is 1. The summed E-state index contributed by atoms with van der Waals surface area (Å²) in [4.78, 5) is 17.1. The number of carbonyl (C=O) groups is 1. The highest BCUT2D eigenvalue weighted by Crippen LogP contribution is 2.26.